The van der Waals surface area contributed by atoms with E-state index in [9.17, 15) is 4.79 Å². The summed E-state index contributed by atoms with van der Waals surface area (Å²) in [6.07, 6.45) is 10.1. The van der Waals surface area contributed by atoms with Gasteiger partial charge >= 0.3 is 0 Å². The van der Waals surface area contributed by atoms with Gasteiger partial charge in [-0.15, -0.1) is 13.2 Å². The Balaban J connectivity index is 2.63. The van der Waals surface area contributed by atoms with Gasteiger partial charge < -0.3 is 10.2 Å². The van der Waals surface area contributed by atoms with Crippen LogP contribution in [0.2, 0.25) is 0 Å². The molecule has 1 aliphatic rings. The fourth-order valence-corrected chi connectivity index (χ4v) is 2.73. The van der Waals surface area contributed by atoms with Crippen LogP contribution in [-0.2, 0) is 4.79 Å². The van der Waals surface area contributed by atoms with Crippen molar-refractivity contribution < 1.29 is 4.79 Å². The molecule has 0 unspecified atom stereocenters. The Kier molecular flexibility index (Phi) is 6.13. The van der Waals surface area contributed by atoms with Crippen LogP contribution in [0.4, 0.5) is 0 Å². The number of carbonyl (C=O) groups is 1. The van der Waals surface area contributed by atoms with E-state index in [1.54, 1.807) is 12.2 Å². The van der Waals surface area contributed by atoms with E-state index >= 15 is 0 Å². The van der Waals surface area contributed by atoms with Crippen molar-refractivity contribution in [2.24, 2.45) is 0 Å². The summed E-state index contributed by atoms with van der Waals surface area (Å²) in [6, 6.07) is 0. The Labute approximate surface area is 111 Å². The molecule has 1 amide bonds. The minimum atomic E-state index is 0.00984. The maximum atomic E-state index is 12.3. The normalized spacial score (nSPS) is 18.1. The second-order valence-electron chi connectivity index (χ2n) is 5.14. The molecular weight excluding hydrogens is 224 g/mol. The monoisotopic (exact) mass is 250 g/mol. The van der Waals surface area contributed by atoms with E-state index < -0.39 is 0 Å². The lowest BCUT2D eigenvalue weighted by Gasteiger charge is -2.38. The molecule has 0 aromatic carbocycles. The van der Waals surface area contributed by atoms with Crippen molar-refractivity contribution in [2.45, 2.75) is 44.1 Å². The Morgan fingerprint density at radius 3 is 2.22 bits per heavy atom. The molecule has 3 heteroatoms. The molecule has 0 heterocycles. The van der Waals surface area contributed by atoms with Gasteiger partial charge in [0.05, 0.1) is 0 Å². The summed E-state index contributed by atoms with van der Waals surface area (Å²) in [6.45, 7) is 8.61. The second-order valence-corrected chi connectivity index (χ2v) is 5.14. The van der Waals surface area contributed by atoms with Crippen LogP contribution in [-0.4, -0.2) is 36.5 Å². The van der Waals surface area contributed by atoms with Crippen LogP contribution in [0.25, 0.3) is 0 Å². The number of rotatable bonds is 7. The summed E-state index contributed by atoms with van der Waals surface area (Å²) >= 11 is 0. The van der Waals surface area contributed by atoms with Gasteiger partial charge in [0.1, 0.15) is 0 Å². The fraction of sp³-hybridized carbons (Fsp3) is 0.667. The zero-order valence-electron chi connectivity index (χ0n) is 11.6. The number of amides is 1. The highest BCUT2D eigenvalue weighted by Crippen LogP contribution is 2.31. The molecule has 1 fully saturated rings. The molecule has 1 N–H and O–H groups in total. The molecule has 0 saturated heterocycles. The topological polar surface area (TPSA) is 32.3 Å². The van der Waals surface area contributed by atoms with Gasteiger partial charge in [0.2, 0.25) is 5.91 Å². The van der Waals surface area contributed by atoms with Crippen molar-refractivity contribution in [1.82, 2.24) is 10.2 Å². The molecule has 18 heavy (non-hydrogen) atoms. The Hall–Kier alpha value is -1.09. The summed E-state index contributed by atoms with van der Waals surface area (Å²) in [4.78, 5) is 14.2. The molecule has 0 aliphatic heterocycles. The first-order chi connectivity index (χ1) is 8.67. The average molecular weight is 250 g/mol. The van der Waals surface area contributed by atoms with Crippen LogP contribution in [0.1, 0.15) is 38.5 Å². The zero-order valence-corrected chi connectivity index (χ0v) is 11.6. The highest BCUT2D eigenvalue weighted by Gasteiger charge is 2.33. The van der Waals surface area contributed by atoms with Gasteiger partial charge in [-0.1, -0.05) is 31.4 Å². The average Bonchev–Trinajstić information content (AvgIpc) is 2.39. The highest BCUT2D eigenvalue weighted by atomic mass is 16.2. The third-order valence-corrected chi connectivity index (χ3v) is 3.88. The summed E-state index contributed by atoms with van der Waals surface area (Å²) in [7, 11) is 1.98. The largest absolute Gasteiger partial charge is 0.335 e. The van der Waals surface area contributed by atoms with Crippen LogP contribution in [0.3, 0.4) is 0 Å². The molecule has 1 aliphatic carbocycles. The van der Waals surface area contributed by atoms with Gasteiger partial charge in [-0.2, -0.15) is 0 Å². The molecule has 0 bridgehead atoms. The number of carbonyl (C=O) groups excluding carboxylic acids is 1. The van der Waals surface area contributed by atoms with Crippen molar-refractivity contribution in [2.75, 3.05) is 20.1 Å². The maximum absolute atomic E-state index is 12.3. The van der Waals surface area contributed by atoms with Gasteiger partial charge in [-0.3, -0.25) is 4.79 Å². The minimum absolute atomic E-state index is 0.00984. The van der Waals surface area contributed by atoms with Crippen molar-refractivity contribution in [1.29, 1.82) is 0 Å². The van der Waals surface area contributed by atoms with Gasteiger partial charge in [-0.25, -0.2) is 0 Å². The van der Waals surface area contributed by atoms with Crippen LogP contribution >= 0.6 is 0 Å². The maximum Gasteiger partial charge on any atom is 0.224 e. The first-order valence-electron chi connectivity index (χ1n) is 6.86. The molecule has 0 aromatic heterocycles. The summed E-state index contributed by atoms with van der Waals surface area (Å²) in [5, 5.41) is 3.39. The van der Waals surface area contributed by atoms with E-state index in [4.69, 9.17) is 0 Å². The number of nitrogens with zero attached hydrogens (tertiary/aromatic N) is 1. The first kappa shape index (κ1) is 15.0. The highest BCUT2D eigenvalue weighted by molar-refractivity contribution is 5.77. The van der Waals surface area contributed by atoms with Gasteiger partial charge in [-0.05, 0) is 19.9 Å². The minimum Gasteiger partial charge on any atom is -0.335 e. The molecular formula is C15H26N2O. The standard InChI is InChI=1S/C15H26N2O/c1-4-11-17(12-5-2)14(18)13-15(16-3)9-7-6-8-10-15/h4-5,16H,1-2,6-13H2,3H3. The Morgan fingerprint density at radius 1 is 1.22 bits per heavy atom. The van der Waals surface area contributed by atoms with Crippen LogP contribution in [0.5, 0.6) is 0 Å². The third kappa shape index (κ3) is 3.98. The SMILES string of the molecule is C=CCN(CC=C)C(=O)CC1(NC)CCCCC1. The van der Waals surface area contributed by atoms with Crippen LogP contribution < -0.4 is 5.32 Å². The lowest BCUT2D eigenvalue weighted by molar-refractivity contribution is -0.132. The summed E-state index contributed by atoms with van der Waals surface area (Å²) < 4.78 is 0. The zero-order chi connectivity index (χ0) is 13.4. The smallest absolute Gasteiger partial charge is 0.224 e. The lowest BCUT2D eigenvalue weighted by Crippen LogP contribution is -2.49. The third-order valence-electron chi connectivity index (χ3n) is 3.88. The molecule has 3 nitrogen and oxygen atoms in total. The lowest BCUT2D eigenvalue weighted by atomic mass is 9.79. The van der Waals surface area contributed by atoms with E-state index in [0.29, 0.717) is 19.5 Å². The number of hydrogen-bond acceptors (Lipinski definition) is 2. The molecule has 1 saturated carbocycles. The van der Waals surface area contributed by atoms with Crippen LogP contribution in [0, 0.1) is 0 Å². The Morgan fingerprint density at radius 2 is 1.78 bits per heavy atom. The number of hydrogen-bond donors (Lipinski definition) is 1. The Bertz CT molecular complexity index is 283. The predicted molar refractivity (Wildman–Crippen MR) is 76.5 cm³/mol. The van der Waals surface area contributed by atoms with Crippen LogP contribution in [0.15, 0.2) is 25.3 Å². The van der Waals surface area contributed by atoms with E-state index in [1.165, 1.54) is 19.3 Å². The first-order valence-corrected chi connectivity index (χ1v) is 6.86. The van der Waals surface area contributed by atoms with E-state index in [0.717, 1.165) is 12.8 Å². The molecule has 0 radical (unpaired) electrons. The van der Waals surface area contributed by atoms with Crippen molar-refractivity contribution in [3.05, 3.63) is 25.3 Å². The van der Waals surface area contributed by atoms with E-state index in [-0.39, 0.29) is 11.4 Å². The predicted octanol–water partition coefficient (Wildman–Crippen LogP) is 2.50. The van der Waals surface area contributed by atoms with Gasteiger partial charge in [0.15, 0.2) is 0 Å². The number of nitrogens with one attached hydrogen (secondary N) is 1. The summed E-state index contributed by atoms with van der Waals surface area (Å²) in [5.41, 5.74) is 0.00984. The second kappa shape index (κ2) is 7.37. The molecule has 102 valence electrons. The van der Waals surface area contributed by atoms with Gasteiger partial charge in [0, 0.05) is 25.0 Å². The molecule has 0 aromatic rings. The van der Waals surface area contributed by atoms with Crippen molar-refractivity contribution in [3.8, 4) is 0 Å². The van der Waals surface area contributed by atoms with E-state index in [2.05, 4.69) is 18.5 Å². The molecule has 0 atom stereocenters. The molecule has 0 spiro atoms. The molecule has 1 rings (SSSR count). The van der Waals surface area contributed by atoms with Gasteiger partial charge in [0.25, 0.3) is 0 Å². The summed E-state index contributed by atoms with van der Waals surface area (Å²) in [5.74, 6) is 0.200. The fourth-order valence-electron chi connectivity index (χ4n) is 2.73. The van der Waals surface area contributed by atoms with Crippen molar-refractivity contribution >= 4 is 5.91 Å². The van der Waals surface area contributed by atoms with E-state index in [1.807, 2.05) is 11.9 Å². The van der Waals surface area contributed by atoms with Crippen molar-refractivity contribution in [3.63, 3.8) is 0 Å². The quantitative estimate of drug-likeness (QED) is 0.704.